The van der Waals surface area contributed by atoms with Crippen molar-refractivity contribution in [2.45, 2.75) is 51.4 Å². The lowest BCUT2D eigenvalue weighted by molar-refractivity contribution is -0.137. The first kappa shape index (κ1) is 27.9. The number of aromatic hydroxyl groups is 1. The minimum absolute atomic E-state index is 0.246. The smallest absolute Gasteiger partial charge is 0.330 e. The van der Waals surface area contributed by atoms with Crippen LogP contribution in [0.2, 0.25) is 0 Å². The minimum Gasteiger partial charge on any atom is -0.508 e. The highest BCUT2D eigenvalue weighted by Gasteiger charge is 1.97. The van der Waals surface area contributed by atoms with E-state index < -0.39 is 0 Å². The Morgan fingerprint density at radius 3 is 1.53 bits per heavy atom. The van der Waals surface area contributed by atoms with Crippen molar-refractivity contribution in [3.63, 3.8) is 0 Å². The van der Waals surface area contributed by atoms with Crippen LogP contribution < -0.4 is 4.74 Å². The lowest BCUT2D eigenvalue weighted by Gasteiger charge is -2.07. The van der Waals surface area contributed by atoms with Crippen molar-refractivity contribution >= 4 is 5.97 Å². The van der Waals surface area contributed by atoms with E-state index in [9.17, 15) is 9.90 Å². The van der Waals surface area contributed by atoms with Crippen LogP contribution in [0.5, 0.6) is 11.5 Å². The Morgan fingerprint density at radius 1 is 0.688 bits per heavy atom. The number of benzene rings is 1. The minimum atomic E-state index is -0.372. The van der Waals surface area contributed by atoms with Gasteiger partial charge >= 0.3 is 5.97 Å². The molecule has 0 amide bonds. The van der Waals surface area contributed by atoms with Gasteiger partial charge in [0.15, 0.2) is 0 Å². The molecule has 0 saturated heterocycles. The lowest BCUT2D eigenvalue weighted by atomic mass is 10.3. The molecule has 0 radical (unpaired) electrons. The second-order valence-corrected chi connectivity index (χ2v) is 7.38. The van der Waals surface area contributed by atoms with E-state index in [1.807, 2.05) is 0 Å². The summed E-state index contributed by atoms with van der Waals surface area (Å²) in [6.07, 6.45) is 8.79. The number of phenols is 1. The number of unbranched alkanes of at least 4 members (excludes halogenated alkanes) is 4. The van der Waals surface area contributed by atoms with Crippen molar-refractivity contribution in [2.24, 2.45) is 0 Å². The zero-order valence-electron chi connectivity index (χ0n) is 19.3. The van der Waals surface area contributed by atoms with Gasteiger partial charge in [-0.1, -0.05) is 6.58 Å². The zero-order chi connectivity index (χ0) is 23.1. The highest BCUT2D eigenvalue weighted by Crippen LogP contribution is 2.16. The van der Waals surface area contributed by atoms with Crippen LogP contribution in [0.3, 0.4) is 0 Å². The predicted molar refractivity (Wildman–Crippen MR) is 124 cm³/mol. The number of carbonyl (C=O) groups excluding carboxylic acids is 1. The molecular weight excluding hydrogens is 412 g/mol. The van der Waals surface area contributed by atoms with Crippen molar-refractivity contribution in [1.82, 2.24) is 0 Å². The summed E-state index contributed by atoms with van der Waals surface area (Å²) in [5.74, 6) is 0.649. The molecule has 0 bridgehead atoms. The predicted octanol–water partition coefficient (Wildman–Crippen LogP) is 4.67. The van der Waals surface area contributed by atoms with Gasteiger partial charge in [-0.2, -0.15) is 0 Å². The second kappa shape index (κ2) is 20.8. The Hall–Kier alpha value is -2.09. The molecule has 0 aliphatic carbocycles. The van der Waals surface area contributed by atoms with Crippen molar-refractivity contribution in [2.75, 3.05) is 52.9 Å². The van der Waals surface area contributed by atoms with E-state index in [0.717, 1.165) is 90.2 Å². The standard InChI is InChI=1S/C25H40O7/c1-2-25(27)32-22-10-8-20-30-18-6-4-16-28-15-3-5-17-29-19-7-9-21-31-24-13-11-23(26)12-14-24/h2,11-14,26H,1,3-10,15-22H2. The summed E-state index contributed by atoms with van der Waals surface area (Å²) in [6.45, 7) is 8.91. The fraction of sp³-hybridized carbons (Fsp3) is 0.640. The average Bonchev–Trinajstić information content (AvgIpc) is 2.81. The third kappa shape index (κ3) is 17.6. The monoisotopic (exact) mass is 452 g/mol. The summed E-state index contributed by atoms with van der Waals surface area (Å²) in [5.41, 5.74) is 0. The van der Waals surface area contributed by atoms with Crippen molar-refractivity contribution in [3.05, 3.63) is 36.9 Å². The normalized spacial score (nSPS) is 10.8. The molecule has 1 aromatic rings. The Labute approximate surface area is 192 Å². The topological polar surface area (TPSA) is 83.5 Å². The molecule has 0 spiro atoms. The Kier molecular flexibility index (Phi) is 18.2. The summed E-state index contributed by atoms with van der Waals surface area (Å²) in [4.78, 5) is 10.9. The van der Waals surface area contributed by atoms with Crippen molar-refractivity contribution in [3.8, 4) is 11.5 Å². The quantitative estimate of drug-likeness (QED) is 0.155. The highest BCUT2D eigenvalue weighted by atomic mass is 16.5. The van der Waals surface area contributed by atoms with Crippen LogP contribution >= 0.6 is 0 Å². The van der Waals surface area contributed by atoms with E-state index in [-0.39, 0.29) is 11.7 Å². The van der Waals surface area contributed by atoms with E-state index in [0.29, 0.717) is 19.8 Å². The first-order valence-corrected chi connectivity index (χ1v) is 11.7. The first-order chi connectivity index (χ1) is 15.7. The van der Waals surface area contributed by atoms with Gasteiger partial charge < -0.3 is 28.8 Å². The molecule has 0 atom stereocenters. The van der Waals surface area contributed by atoms with Gasteiger partial charge in [-0.3, -0.25) is 0 Å². The summed E-state index contributed by atoms with van der Waals surface area (Å²) in [7, 11) is 0. The van der Waals surface area contributed by atoms with Gasteiger partial charge in [0.25, 0.3) is 0 Å². The van der Waals surface area contributed by atoms with Crippen LogP contribution in [-0.4, -0.2) is 63.9 Å². The Bertz CT molecular complexity index is 574. The maximum atomic E-state index is 10.9. The molecule has 1 N–H and O–H groups in total. The zero-order valence-corrected chi connectivity index (χ0v) is 19.3. The molecule has 0 aliphatic heterocycles. The van der Waals surface area contributed by atoms with Crippen molar-refractivity contribution < 1.29 is 33.6 Å². The largest absolute Gasteiger partial charge is 0.508 e. The fourth-order valence-electron chi connectivity index (χ4n) is 2.70. The van der Waals surface area contributed by atoms with E-state index in [1.165, 1.54) is 6.08 Å². The van der Waals surface area contributed by atoms with Gasteiger partial charge in [-0.15, -0.1) is 0 Å². The second-order valence-electron chi connectivity index (χ2n) is 7.38. The SMILES string of the molecule is C=CC(=O)OCCCCOCCCCOCCCCOCCCCOc1ccc(O)cc1. The Balaban J connectivity index is 1.69. The number of esters is 1. The molecule has 0 heterocycles. The van der Waals surface area contributed by atoms with E-state index in [4.69, 9.17) is 23.7 Å². The summed E-state index contributed by atoms with van der Waals surface area (Å²) >= 11 is 0. The number of carbonyl (C=O) groups is 1. The highest BCUT2D eigenvalue weighted by molar-refractivity contribution is 5.81. The first-order valence-electron chi connectivity index (χ1n) is 11.7. The van der Waals surface area contributed by atoms with Gasteiger partial charge in [0.2, 0.25) is 0 Å². The van der Waals surface area contributed by atoms with Gasteiger partial charge in [0.05, 0.1) is 13.2 Å². The van der Waals surface area contributed by atoms with Crippen LogP contribution in [0.25, 0.3) is 0 Å². The van der Waals surface area contributed by atoms with E-state index in [2.05, 4.69) is 6.58 Å². The van der Waals surface area contributed by atoms with Crippen LogP contribution in [0, 0.1) is 0 Å². The summed E-state index contributed by atoms with van der Waals surface area (Å²) in [5, 5.41) is 9.22. The Morgan fingerprint density at radius 2 is 1.09 bits per heavy atom. The fourth-order valence-corrected chi connectivity index (χ4v) is 2.70. The number of ether oxygens (including phenoxy) is 5. The van der Waals surface area contributed by atoms with Crippen molar-refractivity contribution in [1.29, 1.82) is 0 Å². The molecule has 0 aromatic heterocycles. The van der Waals surface area contributed by atoms with Gasteiger partial charge in [0.1, 0.15) is 11.5 Å². The number of hydrogen-bond donors (Lipinski definition) is 1. The van der Waals surface area contributed by atoms with Crippen LogP contribution in [0.15, 0.2) is 36.9 Å². The van der Waals surface area contributed by atoms with Crippen LogP contribution in [0.1, 0.15) is 51.4 Å². The maximum absolute atomic E-state index is 10.9. The molecule has 0 saturated carbocycles. The van der Waals surface area contributed by atoms with Gasteiger partial charge in [0, 0.05) is 45.7 Å². The molecule has 0 aliphatic rings. The number of hydrogen-bond acceptors (Lipinski definition) is 7. The third-order valence-corrected chi connectivity index (χ3v) is 4.54. The van der Waals surface area contributed by atoms with E-state index in [1.54, 1.807) is 24.3 Å². The molecule has 1 aromatic carbocycles. The van der Waals surface area contributed by atoms with Gasteiger partial charge in [-0.05, 0) is 75.6 Å². The van der Waals surface area contributed by atoms with Gasteiger partial charge in [-0.25, -0.2) is 4.79 Å². The molecule has 0 fully saturated rings. The van der Waals surface area contributed by atoms with E-state index >= 15 is 0 Å². The molecular formula is C25H40O7. The summed E-state index contributed by atoms with van der Waals surface area (Å²) < 4.78 is 27.3. The summed E-state index contributed by atoms with van der Waals surface area (Å²) in [6, 6.07) is 6.77. The third-order valence-electron chi connectivity index (χ3n) is 4.54. The molecule has 182 valence electrons. The molecule has 7 heteroatoms. The van der Waals surface area contributed by atoms with Crippen LogP contribution in [-0.2, 0) is 23.7 Å². The average molecular weight is 453 g/mol. The van der Waals surface area contributed by atoms with Crippen LogP contribution in [0.4, 0.5) is 0 Å². The number of phenolic OH excluding ortho intramolecular Hbond substituents is 1. The molecule has 1 rings (SSSR count). The maximum Gasteiger partial charge on any atom is 0.330 e. The lowest BCUT2D eigenvalue weighted by Crippen LogP contribution is -2.05. The number of rotatable bonds is 22. The molecule has 32 heavy (non-hydrogen) atoms. The molecule has 0 unspecified atom stereocenters. The molecule has 7 nitrogen and oxygen atoms in total.